The highest BCUT2D eigenvalue weighted by Gasteiger charge is 2.41. The van der Waals surface area contributed by atoms with Crippen LogP contribution < -0.4 is 10.6 Å². The fraction of sp³-hybridized carbons (Fsp3) is 0.500. The Kier molecular flexibility index (Phi) is 11.2. The average molecular weight is 843 g/mol. The molecule has 2 aromatic heterocycles. The van der Waals surface area contributed by atoms with Gasteiger partial charge in [0.05, 0.1) is 43.0 Å². The maximum atomic E-state index is 13.9. The molecule has 3 aromatic carbocycles. The van der Waals surface area contributed by atoms with E-state index >= 15 is 0 Å². The third-order valence-electron chi connectivity index (χ3n) is 13.6. The molecule has 326 valence electrons. The van der Waals surface area contributed by atoms with E-state index in [4.69, 9.17) is 19.4 Å². The molecule has 2 aliphatic carbocycles. The molecule has 9 rings (SSSR count). The number of ether oxygens (including phenoxy) is 2. The van der Waals surface area contributed by atoms with E-state index in [1.165, 1.54) is 42.2 Å². The zero-order valence-electron chi connectivity index (χ0n) is 36.6. The van der Waals surface area contributed by atoms with Crippen LogP contribution in [-0.4, -0.2) is 93.1 Å². The summed E-state index contributed by atoms with van der Waals surface area (Å²) in [4.78, 5) is 73.5. The molecule has 3 fully saturated rings. The molecule has 1 saturated carbocycles. The van der Waals surface area contributed by atoms with Crippen LogP contribution in [0.3, 0.4) is 0 Å². The van der Waals surface area contributed by atoms with E-state index in [0.29, 0.717) is 19.0 Å². The van der Waals surface area contributed by atoms with E-state index < -0.39 is 24.3 Å². The second-order valence-electron chi connectivity index (χ2n) is 18.2. The number of benzene rings is 3. The van der Waals surface area contributed by atoms with Gasteiger partial charge in [0.1, 0.15) is 23.7 Å². The van der Waals surface area contributed by atoms with Crippen molar-refractivity contribution in [1.29, 1.82) is 0 Å². The minimum Gasteiger partial charge on any atom is -0.453 e. The number of carbonyl (C=O) groups excluding carboxylic acids is 4. The third kappa shape index (κ3) is 7.55. The second kappa shape index (κ2) is 16.7. The van der Waals surface area contributed by atoms with Crippen LogP contribution in [0, 0.1) is 11.8 Å². The van der Waals surface area contributed by atoms with Gasteiger partial charge in [-0.05, 0) is 109 Å². The summed E-state index contributed by atoms with van der Waals surface area (Å²) in [6.45, 7) is 8.92. The molecular formula is C48H58N8O6. The quantitative estimate of drug-likeness (QED) is 0.103. The number of likely N-dealkylation sites (tertiary alicyclic amines) is 2. The average Bonchev–Trinajstić information content (AvgIpc) is 3.87. The molecule has 14 nitrogen and oxygen atoms in total. The van der Waals surface area contributed by atoms with Gasteiger partial charge in [0.25, 0.3) is 0 Å². The summed E-state index contributed by atoms with van der Waals surface area (Å²) < 4.78 is 9.66. The molecule has 4 amide bonds. The lowest BCUT2D eigenvalue weighted by Crippen LogP contribution is -2.51. The summed E-state index contributed by atoms with van der Waals surface area (Å²) >= 11 is 0. The maximum Gasteiger partial charge on any atom is 0.407 e. The molecule has 5 aromatic rings. The van der Waals surface area contributed by atoms with Crippen LogP contribution in [0.5, 0.6) is 0 Å². The Bertz CT molecular complexity index is 2550. The zero-order chi connectivity index (χ0) is 43.4. The first-order valence-corrected chi connectivity index (χ1v) is 22.4. The van der Waals surface area contributed by atoms with Crippen molar-refractivity contribution in [3.05, 3.63) is 70.9 Å². The Morgan fingerprint density at radius 3 is 1.85 bits per heavy atom. The minimum absolute atomic E-state index is 0.102. The SMILES string of the molecule is COC(=O)N[C@H](C(=O)N1CCC[C@H]1c1nc(-c2ccc(-c3ccc4c(ccc5[nH]c([C@@H]6CCCN6C(=O)[C@@H](NC(=O)OC)C(C)C)nc54)c3)c3c2CCC3)c(C2CC2)[nH]1)C(C)C. The van der Waals surface area contributed by atoms with Gasteiger partial charge in [0.2, 0.25) is 11.8 Å². The van der Waals surface area contributed by atoms with Crippen LogP contribution in [0.2, 0.25) is 0 Å². The van der Waals surface area contributed by atoms with Crippen LogP contribution in [-0.2, 0) is 31.9 Å². The number of alkyl carbamates (subject to hydrolysis) is 2. The lowest BCUT2D eigenvalue weighted by molar-refractivity contribution is -0.136. The summed E-state index contributed by atoms with van der Waals surface area (Å²) in [5, 5.41) is 7.64. The van der Waals surface area contributed by atoms with Crippen molar-refractivity contribution in [2.24, 2.45) is 11.8 Å². The maximum absolute atomic E-state index is 13.9. The summed E-state index contributed by atoms with van der Waals surface area (Å²) in [7, 11) is 2.62. The van der Waals surface area contributed by atoms with Gasteiger partial charge in [0, 0.05) is 35.7 Å². The van der Waals surface area contributed by atoms with Crippen molar-refractivity contribution >= 4 is 45.8 Å². The van der Waals surface area contributed by atoms with Gasteiger partial charge in [0.15, 0.2) is 0 Å². The highest BCUT2D eigenvalue weighted by atomic mass is 16.5. The lowest BCUT2D eigenvalue weighted by Gasteiger charge is -2.30. The molecule has 4 N–H and O–H groups in total. The number of rotatable bonds is 11. The predicted molar refractivity (Wildman–Crippen MR) is 236 cm³/mol. The molecule has 62 heavy (non-hydrogen) atoms. The number of hydrogen-bond donors (Lipinski definition) is 4. The Labute approximate surface area is 361 Å². The van der Waals surface area contributed by atoms with Gasteiger partial charge < -0.3 is 39.9 Å². The predicted octanol–water partition coefficient (Wildman–Crippen LogP) is 8.23. The monoisotopic (exact) mass is 842 g/mol. The van der Waals surface area contributed by atoms with Gasteiger partial charge in [-0.15, -0.1) is 0 Å². The normalized spacial score (nSPS) is 19.7. The van der Waals surface area contributed by atoms with Gasteiger partial charge in [-0.25, -0.2) is 19.6 Å². The number of nitrogens with zero attached hydrogens (tertiary/aromatic N) is 4. The Balaban J connectivity index is 1.00. The van der Waals surface area contributed by atoms with Gasteiger partial charge >= 0.3 is 12.2 Å². The highest BCUT2D eigenvalue weighted by molar-refractivity contribution is 6.05. The molecule has 4 aliphatic rings. The molecule has 4 atom stereocenters. The van der Waals surface area contributed by atoms with Crippen LogP contribution >= 0.6 is 0 Å². The number of methoxy groups -OCH3 is 2. The summed E-state index contributed by atoms with van der Waals surface area (Å²) in [6.07, 6.45) is 7.37. The molecule has 2 aliphatic heterocycles. The molecule has 4 heterocycles. The first-order chi connectivity index (χ1) is 29.9. The summed E-state index contributed by atoms with van der Waals surface area (Å²) in [5.74, 6) is 1.56. The zero-order valence-corrected chi connectivity index (χ0v) is 36.6. The summed E-state index contributed by atoms with van der Waals surface area (Å²) in [6, 6.07) is 13.6. The van der Waals surface area contributed by atoms with Crippen molar-refractivity contribution in [2.75, 3.05) is 27.3 Å². The highest BCUT2D eigenvalue weighted by Crippen LogP contribution is 2.48. The Morgan fingerprint density at radius 2 is 1.27 bits per heavy atom. The molecule has 14 heteroatoms. The number of aromatic amines is 2. The number of fused-ring (bicyclic) bond motifs is 4. The largest absolute Gasteiger partial charge is 0.453 e. The van der Waals surface area contributed by atoms with Gasteiger partial charge in [-0.1, -0.05) is 58.0 Å². The Hall–Kier alpha value is -5.92. The number of H-pyrrole nitrogens is 2. The standard InChI is InChI=1S/C48H58N8O6/c1-25(2)38(53-47(59)61-5)45(57)55-22-8-12-36(55)43-49-35-21-17-29-24-28(16-18-31(29)41(35)51-43)30-19-20-34(33-11-7-10-32(30)33)42-40(27-14-15-27)50-44(52-42)37-13-9-23-56(37)46(58)39(26(3)4)54-48(60)62-6/h16-21,24-27,36-39H,7-15,22-23H2,1-6H3,(H,49,51)(H,50,52)(H,53,59)(H,54,60)/t36-,37-,38-,39-/m0/s1. The first-order valence-electron chi connectivity index (χ1n) is 22.4. The van der Waals surface area contributed by atoms with E-state index in [1.54, 1.807) is 0 Å². The van der Waals surface area contributed by atoms with E-state index in [-0.39, 0.29) is 35.7 Å². The van der Waals surface area contributed by atoms with E-state index in [9.17, 15) is 19.2 Å². The van der Waals surface area contributed by atoms with E-state index in [2.05, 4.69) is 63.1 Å². The van der Waals surface area contributed by atoms with Gasteiger partial charge in [-0.3, -0.25) is 9.59 Å². The minimum atomic E-state index is -0.693. The van der Waals surface area contributed by atoms with Crippen molar-refractivity contribution in [3.63, 3.8) is 0 Å². The van der Waals surface area contributed by atoms with Crippen molar-refractivity contribution in [2.45, 2.75) is 116 Å². The second-order valence-corrected chi connectivity index (χ2v) is 18.2. The number of aromatic nitrogens is 4. The molecule has 0 unspecified atom stereocenters. The topological polar surface area (TPSA) is 175 Å². The van der Waals surface area contributed by atoms with Crippen molar-refractivity contribution < 1.29 is 28.7 Å². The first kappa shape index (κ1) is 41.4. The fourth-order valence-corrected chi connectivity index (χ4v) is 10.2. The van der Waals surface area contributed by atoms with E-state index in [1.807, 2.05) is 37.5 Å². The smallest absolute Gasteiger partial charge is 0.407 e. The summed E-state index contributed by atoms with van der Waals surface area (Å²) in [5.41, 5.74) is 10.3. The van der Waals surface area contributed by atoms with E-state index in [0.717, 1.165) is 102 Å². The number of imidazole rings is 2. The van der Waals surface area contributed by atoms with Crippen molar-refractivity contribution in [3.8, 4) is 22.4 Å². The molecule has 0 bridgehead atoms. The number of hydrogen-bond acceptors (Lipinski definition) is 8. The number of amides is 4. The van der Waals surface area contributed by atoms with Crippen LogP contribution in [0.4, 0.5) is 9.59 Å². The molecule has 0 spiro atoms. The lowest BCUT2D eigenvalue weighted by atomic mass is 9.90. The third-order valence-corrected chi connectivity index (χ3v) is 13.6. The number of carbonyl (C=O) groups is 4. The molecular weight excluding hydrogens is 785 g/mol. The fourth-order valence-electron chi connectivity index (χ4n) is 10.2. The van der Waals surface area contributed by atoms with Gasteiger partial charge in [-0.2, -0.15) is 0 Å². The van der Waals surface area contributed by atoms with Crippen LogP contribution in [0.1, 0.15) is 119 Å². The van der Waals surface area contributed by atoms with Crippen LogP contribution in [0.25, 0.3) is 44.2 Å². The van der Waals surface area contributed by atoms with Crippen molar-refractivity contribution in [1.82, 2.24) is 40.4 Å². The molecule has 2 saturated heterocycles. The number of nitrogens with one attached hydrogen (secondary N) is 4. The molecule has 0 radical (unpaired) electrons. The van der Waals surface area contributed by atoms with Crippen LogP contribution in [0.15, 0.2) is 42.5 Å². The Morgan fingerprint density at radius 1 is 0.694 bits per heavy atom.